The predicted octanol–water partition coefficient (Wildman–Crippen LogP) is 3.44. The second-order valence-electron chi connectivity index (χ2n) is 8.40. The van der Waals surface area contributed by atoms with E-state index in [1.165, 1.54) is 10.5 Å². The summed E-state index contributed by atoms with van der Waals surface area (Å²) in [7, 11) is 0. The van der Waals surface area contributed by atoms with Crippen molar-refractivity contribution >= 4 is 35.2 Å². The number of imide groups is 1. The topological polar surface area (TPSA) is 116 Å². The fraction of sp³-hybridized carbons (Fsp3) is 0.269. The van der Waals surface area contributed by atoms with Gasteiger partial charge in [0, 0.05) is 43.5 Å². The molecule has 0 aliphatic carbocycles. The van der Waals surface area contributed by atoms with Crippen molar-refractivity contribution in [1.29, 1.82) is 0 Å². The summed E-state index contributed by atoms with van der Waals surface area (Å²) in [5.74, 6) is 0.407. The van der Waals surface area contributed by atoms with E-state index < -0.39 is 0 Å². The van der Waals surface area contributed by atoms with E-state index in [2.05, 4.69) is 25.9 Å². The first-order valence-electron chi connectivity index (χ1n) is 11.6. The van der Waals surface area contributed by atoms with Crippen LogP contribution < -0.4 is 16.0 Å². The molecule has 9 nitrogen and oxygen atoms in total. The van der Waals surface area contributed by atoms with E-state index in [0.717, 1.165) is 11.4 Å². The maximum absolute atomic E-state index is 12.4. The Labute approximate surface area is 204 Å². The number of aryl methyl sites for hydroxylation is 2. The van der Waals surface area contributed by atoms with Gasteiger partial charge in [0.25, 0.3) is 11.8 Å². The highest BCUT2D eigenvalue weighted by atomic mass is 16.2. The van der Waals surface area contributed by atoms with E-state index in [1.807, 2.05) is 44.2 Å². The summed E-state index contributed by atoms with van der Waals surface area (Å²) in [6.07, 6.45) is 0.624. The van der Waals surface area contributed by atoms with Gasteiger partial charge in [-0.15, -0.1) is 0 Å². The number of nitrogens with zero attached hydrogens (tertiary/aromatic N) is 3. The maximum Gasteiger partial charge on any atom is 0.261 e. The van der Waals surface area contributed by atoms with Crippen LogP contribution in [0.2, 0.25) is 0 Å². The number of aromatic nitrogens is 2. The minimum absolute atomic E-state index is 0.143. The van der Waals surface area contributed by atoms with Gasteiger partial charge in [-0.2, -0.15) is 4.98 Å². The zero-order chi connectivity index (χ0) is 24.8. The molecule has 4 rings (SSSR count). The van der Waals surface area contributed by atoms with E-state index >= 15 is 0 Å². The Bertz CT molecular complexity index is 1210. The van der Waals surface area contributed by atoms with Crippen LogP contribution in [0.5, 0.6) is 0 Å². The SMILES string of the molecule is Cc1ccc(Nc2cc(C)nc(NCCNC(=O)CCCN3C(=O)c4ccccc4C3=O)n2)cc1. The summed E-state index contributed by atoms with van der Waals surface area (Å²) in [4.78, 5) is 47.0. The average Bonchev–Trinajstić information content (AvgIpc) is 3.08. The zero-order valence-electron chi connectivity index (χ0n) is 19.8. The van der Waals surface area contributed by atoms with Gasteiger partial charge in [-0.3, -0.25) is 19.3 Å². The van der Waals surface area contributed by atoms with Gasteiger partial charge in [-0.25, -0.2) is 4.98 Å². The molecule has 3 amide bonds. The molecule has 3 aromatic rings. The number of rotatable bonds is 10. The fourth-order valence-electron chi connectivity index (χ4n) is 3.80. The van der Waals surface area contributed by atoms with Gasteiger partial charge >= 0.3 is 0 Å². The van der Waals surface area contributed by atoms with Crippen molar-refractivity contribution in [1.82, 2.24) is 20.2 Å². The highest BCUT2D eigenvalue weighted by Gasteiger charge is 2.34. The Kier molecular flexibility index (Phi) is 7.35. The maximum atomic E-state index is 12.4. The number of fused-ring (bicyclic) bond motifs is 1. The van der Waals surface area contributed by atoms with Crippen LogP contribution in [0.4, 0.5) is 17.5 Å². The molecule has 1 aliphatic heterocycles. The lowest BCUT2D eigenvalue weighted by atomic mass is 10.1. The third-order valence-corrected chi connectivity index (χ3v) is 5.57. The molecular weight excluding hydrogens is 444 g/mol. The lowest BCUT2D eigenvalue weighted by Crippen LogP contribution is -2.33. The van der Waals surface area contributed by atoms with E-state index in [-0.39, 0.29) is 30.7 Å². The molecule has 0 fully saturated rings. The Morgan fingerprint density at radius 3 is 2.29 bits per heavy atom. The number of anilines is 3. The average molecular weight is 473 g/mol. The van der Waals surface area contributed by atoms with Crippen molar-refractivity contribution in [2.75, 3.05) is 30.3 Å². The van der Waals surface area contributed by atoms with Crippen LogP contribution in [0.15, 0.2) is 54.6 Å². The van der Waals surface area contributed by atoms with Gasteiger partial charge in [0.15, 0.2) is 0 Å². The van der Waals surface area contributed by atoms with Gasteiger partial charge in [-0.05, 0) is 44.5 Å². The molecule has 35 heavy (non-hydrogen) atoms. The number of carbonyl (C=O) groups is 3. The van der Waals surface area contributed by atoms with Gasteiger partial charge in [0.1, 0.15) is 5.82 Å². The molecular formula is C26H28N6O3. The Morgan fingerprint density at radius 2 is 1.60 bits per heavy atom. The van der Waals surface area contributed by atoms with E-state index in [0.29, 0.717) is 42.4 Å². The molecule has 0 radical (unpaired) electrons. The first-order valence-corrected chi connectivity index (χ1v) is 11.6. The first kappa shape index (κ1) is 23.9. The van der Waals surface area contributed by atoms with Gasteiger partial charge < -0.3 is 16.0 Å². The molecule has 0 saturated carbocycles. The molecule has 0 saturated heterocycles. The first-order chi connectivity index (χ1) is 16.9. The van der Waals surface area contributed by atoms with E-state index in [9.17, 15) is 14.4 Å². The van der Waals surface area contributed by atoms with Crippen LogP contribution in [0.3, 0.4) is 0 Å². The summed E-state index contributed by atoms with van der Waals surface area (Å²) in [5, 5.41) is 9.22. The molecule has 180 valence electrons. The number of benzene rings is 2. The van der Waals surface area contributed by atoms with E-state index in [1.54, 1.807) is 24.3 Å². The lowest BCUT2D eigenvalue weighted by Gasteiger charge is -2.13. The largest absolute Gasteiger partial charge is 0.354 e. The molecule has 3 N–H and O–H groups in total. The zero-order valence-corrected chi connectivity index (χ0v) is 19.8. The normalized spacial score (nSPS) is 12.5. The predicted molar refractivity (Wildman–Crippen MR) is 134 cm³/mol. The van der Waals surface area contributed by atoms with Crippen molar-refractivity contribution in [3.63, 3.8) is 0 Å². The van der Waals surface area contributed by atoms with Crippen LogP contribution in [0.1, 0.15) is 44.8 Å². The number of amides is 3. The van der Waals surface area contributed by atoms with Crippen molar-refractivity contribution in [2.24, 2.45) is 0 Å². The summed E-state index contributed by atoms with van der Waals surface area (Å²) in [5.41, 5.74) is 3.78. The monoisotopic (exact) mass is 472 g/mol. The minimum atomic E-state index is -0.301. The van der Waals surface area contributed by atoms with Crippen LogP contribution in [-0.4, -0.2) is 52.2 Å². The summed E-state index contributed by atoms with van der Waals surface area (Å²) < 4.78 is 0. The molecule has 0 atom stereocenters. The minimum Gasteiger partial charge on any atom is -0.354 e. The van der Waals surface area contributed by atoms with Gasteiger partial charge in [0.05, 0.1) is 11.1 Å². The Balaban J connectivity index is 1.18. The van der Waals surface area contributed by atoms with Crippen molar-refractivity contribution in [2.45, 2.75) is 26.7 Å². The molecule has 0 unspecified atom stereocenters. The fourth-order valence-corrected chi connectivity index (χ4v) is 3.80. The lowest BCUT2D eigenvalue weighted by molar-refractivity contribution is -0.121. The molecule has 0 spiro atoms. The molecule has 1 aromatic heterocycles. The van der Waals surface area contributed by atoms with Crippen molar-refractivity contribution in [3.05, 3.63) is 77.0 Å². The number of hydrogen-bond acceptors (Lipinski definition) is 7. The van der Waals surface area contributed by atoms with Crippen LogP contribution in [0, 0.1) is 13.8 Å². The third kappa shape index (κ3) is 6.00. The highest BCUT2D eigenvalue weighted by Crippen LogP contribution is 2.22. The number of hydrogen-bond donors (Lipinski definition) is 3. The quantitative estimate of drug-likeness (QED) is 0.306. The Morgan fingerprint density at radius 1 is 0.914 bits per heavy atom. The third-order valence-electron chi connectivity index (χ3n) is 5.57. The number of nitrogens with one attached hydrogen (secondary N) is 3. The molecule has 2 heterocycles. The standard InChI is InChI=1S/C26H28N6O3/c1-17-9-11-19(12-10-17)30-22-16-18(2)29-26(31-22)28-14-13-27-23(33)8-5-15-32-24(34)20-6-3-4-7-21(20)25(32)35/h3-4,6-7,9-12,16H,5,8,13-15H2,1-2H3,(H,27,33)(H2,28,29,30,31). The van der Waals surface area contributed by atoms with Gasteiger partial charge in [-0.1, -0.05) is 29.8 Å². The van der Waals surface area contributed by atoms with E-state index in [4.69, 9.17) is 0 Å². The summed E-state index contributed by atoms with van der Waals surface area (Å²) in [6, 6.07) is 16.7. The molecule has 0 bridgehead atoms. The second-order valence-corrected chi connectivity index (χ2v) is 8.40. The van der Waals surface area contributed by atoms with Crippen LogP contribution in [0.25, 0.3) is 0 Å². The summed E-state index contributed by atoms with van der Waals surface area (Å²) >= 11 is 0. The van der Waals surface area contributed by atoms with Crippen LogP contribution in [-0.2, 0) is 4.79 Å². The van der Waals surface area contributed by atoms with Gasteiger partial charge in [0.2, 0.25) is 11.9 Å². The molecule has 9 heteroatoms. The number of carbonyl (C=O) groups excluding carboxylic acids is 3. The van der Waals surface area contributed by atoms with Crippen molar-refractivity contribution < 1.29 is 14.4 Å². The highest BCUT2D eigenvalue weighted by molar-refractivity contribution is 6.21. The second kappa shape index (κ2) is 10.8. The molecule has 2 aromatic carbocycles. The van der Waals surface area contributed by atoms with Crippen molar-refractivity contribution in [3.8, 4) is 0 Å². The summed E-state index contributed by atoms with van der Waals surface area (Å²) in [6.45, 7) is 4.99. The Hall–Kier alpha value is -4.27. The molecule has 1 aliphatic rings. The van der Waals surface area contributed by atoms with Crippen LogP contribution >= 0.6 is 0 Å². The smallest absolute Gasteiger partial charge is 0.261 e.